The largest absolute Gasteiger partial charge is 0.342 e. The van der Waals surface area contributed by atoms with Crippen molar-refractivity contribution in [1.82, 2.24) is 4.90 Å². The topological polar surface area (TPSA) is 46.3 Å². The van der Waals surface area contributed by atoms with Crippen LogP contribution in [0.3, 0.4) is 0 Å². The van der Waals surface area contributed by atoms with Crippen LogP contribution in [0.1, 0.15) is 44.7 Å². The van der Waals surface area contributed by atoms with Gasteiger partial charge in [0.2, 0.25) is 5.91 Å². The van der Waals surface area contributed by atoms with Gasteiger partial charge in [0.05, 0.1) is 5.41 Å². The number of hydrogen-bond acceptors (Lipinski definition) is 2. The summed E-state index contributed by atoms with van der Waals surface area (Å²) in [6.45, 7) is 9.85. The Morgan fingerprint density at radius 1 is 1.38 bits per heavy atom. The van der Waals surface area contributed by atoms with Crippen LogP contribution in [0.4, 0.5) is 0 Å². The van der Waals surface area contributed by atoms with E-state index in [0.717, 1.165) is 31.5 Å². The van der Waals surface area contributed by atoms with E-state index in [-0.39, 0.29) is 11.9 Å². The summed E-state index contributed by atoms with van der Waals surface area (Å²) < 4.78 is 0. The number of nitrogens with two attached hydrogens (primary N) is 1. The van der Waals surface area contributed by atoms with Crippen LogP contribution in [0.25, 0.3) is 0 Å². The smallest absolute Gasteiger partial charge is 0.232 e. The molecule has 0 radical (unpaired) electrons. The molecular formula is C18H28N2O. The molecule has 0 bridgehead atoms. The molecule has 1 aromatic carbocycles. The summed E-state index contributed by atoms with van der Waals surface area (Å²) in [5.41, 5.74) is 7.86. The number of carbonyl (C=O) groups is 1. The molecule has 1 aliphatic rings. The number of carbonyl (C=O) groups excluding carboxylic acids is 1. The van der Waals surface area contributed by atoms with Crippen molar-refractivity contribution >= 4 is 5.91 Å². The van der Waals surface area contributed by atoms with Crippen molar-refractivity contribution in [2.75, 3.05) is 13.1 Å². The quantitative estimate of drug-likeness (QED) is 0.929. The van der Waals surface area contributed by atoms with Crippen molar-refractivity contribution in [3.63, 3.8) is 0 Å². The van der Waals surface area contributed by atoms with Crippen LogP contribution in [0, 0.1) is 12.8 Å². The standard InChI is InChI=1S/C18H28N2O/c1-13-8-5-6-10-16(13)18(3,4)17(21)20-11-7-9-15(12-20)14(2)19/h5-6,8,10,14-15H,7,9,11-12,19H2,1-4H3/t14-,15-/m0/s1. The summed E-state index contributed by atoms with van der Waals surface area (Å²) in [6, 6.07) is 8.33. The third kappa shape index (κ3) is 3.29. The van der Waals surface area contributed by atoms with Gasteiger partial charge in [0.15, 0.2) is 0 Å². The van der Waals surface area contributed by atoms with Gasteiger partial charge in [-0.2, -0.15) is 0 Å². The fourth-order valence-electron chi connectivity index (χ4n) is 3.41. The number of amides is 1. The minimum Gasteiger partial charge on any atom is -0.342 e. The minimum atomic E-state index is -0.481. The highest BCUT2D eigenvalue weighted by atomic mass is 16.2. The second-order valence-electron chi connectivity index (χ2n) is 6.95. The van der Waals surface area contributed by atoms with E-state index in [1.54, 1.807) is 0 Å². The molecule has 0 spiro atoms. The lowest BCUT2D eigenvalue weighted by molar-refractivity contribution is -0.138. The minimum absolute atomic E-state index is 0.155. The van der Waals surface area contributed by atoms with E-state index in [1.807, 2.05) is 37.8 Å². The first kappa shape index (κ1) is 16.0. The highest BCUT2D eigenvalue weighted by molar-refractivity contribution is 5.87. The Hall–Kier alpha value is -1.35. The molecule has 1 heterocycles. The molecule has 1 saturated heterocycles. The van der Waals surface area contributed by atoms with E-state index in [2.05, 4.69) is 19.1 Å². The van der Waals surface area contributed by atoms with Crippen LogP contribution in [0.5, 0.6) is 0 Å². The number of rotatable bonds is 3. The number of nitrogens with zero attached hydrogens (tertiary/aromatic N) is 1. The molecule has 1 aliphatic heterocycles. The normalized spacial score (nSPS) is 21.2. The highest BCUT2D eigenvalue weighted by Gasteiger charge is 2.37. The molecule has 0 aromatic heterocycles. The monoisotopic (exact) mass is 288 g/mol. The van der Waals surface area contributed by atoms with Gasteiger partial charge in [-0.3, -0.25) is 4.79 Å². The molecule has 0 unspecified atom stereocenters. The Kier molecular flexibility index (Phi) is 4.72. The zero-order valence-corrected chi connectivity index (χ0v) is 13.7. The summed E-state index contributed by atoms with van der Waals surface area (Å²) in [5.74, 6) is 0.650. The maximum Gasteiger partial charge on any atom is 0.232 e. The Labute approximate surface area is 128 Å². The van der Waals surface area contributed by atoms with Gasteiger partial charge in [-0.15, -0.1) is 0 Å². The molecule has 2 rings (SSSR count). The lowest BCUT2D eigenvalue weighted by Gasteiger charge is -2.39. The van der Waals surface area contributed by atoms with E-state index >= 15 is 0 Å². The Morgan fingerprint density at radius 2 is 2.05 bits per heavy atom. The van der Waals surface area contributed by atoms with Gasteiger partial charge in [-0.1, -0.05) is 24.3 Å². The molecule has 2 atom stereocenters. The third-order valence-electron chi connectivity index (χ3n) is 4.84. The number of aryl methyl sites for hydroxylation is 1. The number of piperidine rings is 1. The molecule has 0 saturated carbocycles. The van der Waals surface area contributed by atoms with Gasteiger partial charge in [0.25, 0.3) is 0 Å². The van der Waals surface area contributed by atoms with Crippen molar-refractivity contribution < 1.29 is 4.79 Å². The average Bonchev–Trinajstić information content (AvgIpc) is 2.46. The first-order valence-corrected chi connectivity index (χ1v) is 7.95. The Bertz CT molecular complexity index is 508. The third-order valence-corrected chi connectivity index (χ3v) is 4.84. The first-order chi connectivity index (χ1) is 9.84. The molecule has 0 aliphatic carbocycles. The van der Waals surface area contributed by atoms with E-state index in [0.29, 0.717) is 5.92 Å². The Balaban J connectivity index is 2.20. The summed E-state index contributed by atoms with van der Waals surface area (Å²) in [6.07, 6.45) is 2.19. The second-order valence-corrected chi connectivity index (χ2v) is 6.95. The van der Waals surface area contributed by atoms with Crippen LogP contribution in [-0.4, -0.2) is 29.9 Å². The SMILES string of the molecule is Cc1ccccc1C(C)(C)C(=O)N1CCC[C@H]([C@H](C)N)C1. The molecule has 3 heteroatoms. The zero-order valence-electron chi connectivity index (χ0n) is 13.7. The number of likely N-dealkylation sites (tertiary alicyclic amines) is 1. The van der Waals surface area contributed by atoms with Crippen molar-refractivity contribution in [3.05, 3.63) is 35.4 Å². The van der Waals surface area contributed by atoms with Gasteiger partial charge < -0.3 is 10.6 Å². The van der Waals surface area contributed by atoms with E-state index in [4.69, 9.17) is 5.73 Å². The van der Waals surface area contributed by atoms with Crippen LogP contribution >= 0.6 is 0 Å². The molecule has 2 N–H and O–H groups in total. The second kappa shape index (κ2) is 6.18. The van der Waals surface area contributed by atoms with Gasteiger partial charge >= 0.3 is 0 Å². The summed E-state index contributed by atoms with van der Waals surface area (Å²) in [4.78, 5) is 15.0. The van der Waals surface area contributed by atoms with Crippen molar-refractivity contribution in [2.45, 2.75) is 52.0 Å². The lowest BCUT2D eigenvalue weighted by atomic mass is 9.79. The first-order valence-electron chi connectivity index (χ1n) is 7.95. The van der Waals surface area contributed by atoms with Gasteiger partial charge in [0.1, 0.15) is 0 Å². The van der Waals surface area contributed by atoms with E-state index in [1.165, 1.54) is 5.56 Å². The predicted octanol–water partition coefficient (Wildman–Crippen LogP) is 2.86. The average molecular weight is 288 g/mol. The fourth-order valence-corrected chi connectivity index (χ4v) is 3.41. The van der Waals surface area contributed by atoms with Gasteiger partial charge in [-0.05, 0) is 57.6 Å². The molecule has 3 nitrogen and oxygen atoms in total. The summed E-state index contributed by atoms with van der Waals surface area (Å²) in [7, 11) is 0. The Morgan fingerprint density at radius 3 is 2.67 bits per heavy atom. The highest BCUT2D eigenvalue weighted by Crippen LogP contribution is 2.30. The molecule has 1 amide bonds. The fraction of sp³-hybridized carbons (Fsp3) is 0.611. The molecule has 1 fully saturated rings. The van der Waals surface area contributed by atoms with E-state index < -0.39 is 5.41 Å². The number of benzene rings is 1. The van der Waals surface area contributed by atoms with Crippen molar-refractivity contribution in [3.8, 4) is 0 Å². The van der Waals surface area contributed by atoms with Crippen molar-refractivity contribution in [2.24, 2.45) is 11.7 Å². The van der Waals surface area contributed by atoms with Crippen LogP contribution in [0.2, 0.25) is 0 Å². The van der Waals surface area contributed by atoms with Crippen molar-refractivity contribution in [1.29, 1.82) is 0 Å². The molecule has 116 valence electrons. The van der Waals surface area contributed by atoms with Crippen LogP contribution < -0.4 is 5.73 Å². The van der Waals surface area contributed by atoms with Crippen LogP contribution in [0.15, 0.2) is 24.3 Å². The predicted molar refractivity (Wildman–Crippen MR) is 87.2 cm³/mol. The molecule has 1 aromatic rings. The number of hydrogen-bond donors (Lipinski definition) is 1. The maximum absolute atomic E-state index is 13.0. The van der Waals surface area contributed by atoms with E-state index in [9.17, 15) is 4.79 Å². The molecular weight excluding hydrogens is 260 g/mol. The maximum atomic E-state index is 13.0. The van der Waals surface area contributed by atoms with Gasteiger partial charge in [-0.25, -0.2) is 0 Å². The molecule has 21 heavy (non-hydrogen) atoms. The lowest BCUT2D eigenvalue weighted by Crippen LogP contribution is -2.50. The summed E-state index contributed by atoms with van der Waals surface area (Å²) >= 11 is 0. The van der Waals surface area contributed by atoms with Crippen LogP contribution in [-0.2, 0) is 10.2 Å². The zero-order chi connectivity index (χ0) is 15.6. The summed E-state index contributed by atoms with van der Waals surface area (Å²) in [5, 5.41) is 0. The van der Waals surface area contributed by atoms with Gasteiger partial charge in [0, 0.05) is 19.1 Å².